The normalized spacial score (nSPS) is 33.5. The Morgan fingerprint density at radius 1 is 1.24 bits per heavy atom. The van der Waals surface area contributed by atoms with Crippen LogP contribution < -0.4 is 0 Å². The van der Waals surface area contributed by atoms with Crippen molar-refractivity contribution >= 4 is 12.0 Å². The molecule has 0 radical (unpaired) electrons. The van der Waals surface area contributed by atoms with Crippen LogP contribution in [0.1, 0.15) is 45.6 Å². The van der Waals surface area contributed by atoms with E-state index < -0.39 is 0 Å². The van der Waals surface area contributed by atoms with E-state index in [-0.39, 0.29) is 22.9 Å². The number of rotatable bonds is 3. The molecule has 2 fully saturated rings. The molecule has 1 aromatic carbocycles. The first-order valence-corrected chi connectivity index (χ1v) is 7.87. The fraction of sp³-hybridized carbons (Fsp3) is 0.526. The summed E-state index contributed by atoms with van der Waals surface area (Å²) in [5.41, 5.74) is 1.43. The van der Waals surface area contributed by atoms with E-state index >= 15 is 0 Å². The Morgan fingerprint density at radius 3 is 2.52 bits per heavy atom. The van der Waals surface area contributed by atoms with E-state index in [0.717, 1.165) is 12.0 Å². The number of esters is 1. The third-order valence-electron chi connectivity index (χ3n) is 6.18. The van der Waals surface area contributed by atoms with Gasteiger partial charge < -0.3 is 4.74 Å². The van der Waals surface area contributed by atoms with Crippen LogP contribution in [0.15, 0.2) is 36.4 Å². The molecule has 0 heterocycles. The van der Waals surface area contributed by atoms with Gasteiger partial charge in [0.2, 0.25) is 0 Å². The molecule has 2 aliphatic carbocycles. The molecule has 21 heavy (non-hydrogen) atoms. The summed E-state index contributed by atoms with van der Waals surface area (Å²) in [4.78, 5) is 12.1. The van der Waals surface area contributed by atoms with Gasteiger partial charge in [-0.15, -0.1) is 0 Å². The van der Waals surface area contributed by atoms with E-state index in [0.29, 0.717) is 5.92 Å². The number of benzene rings is 1. The fourth-order valence-corrected chi connectivity index (χ4v) is 4.22. The highest BCUT2D eigenvalue weighted by atomic mass is 16.5. The lowest BCUT2D eigenvalue weighted by Gasteiger charge is -2.38. The topological polar surface area (TPSA) is 26.3 Å². The van der Waals surface area contributed by atoms with Crippen molar-refractivity contribution in [2.24, 2.45) is 16.7 Å². The number of hydrogen-bond donors (Lipinski definition) is 0. The third-order valence-corrected chi connectivity index (χ3v) is 6.18. The Morgan fingerprint density at radius 2 is 1.95 bits per heavy atom. The van der Waals surface area contributed by atoms with Crippen molar-refractivity contribution in [3.8, 4) is 0 Å². The molecule has 2 nitrogen and oxygen atoms in total. The molecule has 0 aliphatic heterocycles. The zero-order chi connectivity index (χ0) is 15.1. The molecule has 1 aromatic rings. The molecule has 0 unspecified atom stereocenters. The van der Waals surface area contributed by atoms with E-state index in [9.17, 15) is 4.79 Å². The van der Waals surface area contributed by atoms with Gasteiger partial charge in [-0.1, -0.05) is 51.1 Å². The molecule has 2 heteroatoms. The number of ether oxygens (including phenoxy) is 1. The molecule has 3 rings (SSSR count). The molecule has 0 amide bonds. The largest absolute Gasteiger partial charge is 0.459 e. The average molecular weight is 284 g/mol. The van der Waals surface area contributed by atoms with Crippen LogP contribution >= 0.6 is 0 Å². The van der Waals surface area contributed by atoms with Crippen LogP contribution in [0.5, 0.6) is 0 Å². The van der Waals surface area contributed by atoms with E-state index in [1.807, 2.05) is 36.4 Å². The van der Waals surface area contributed by atoms with E-state index in [2.05, 4.69) is 20.8 Å². The van der Waals surface area contributed by atoms with Crippen molar-refractivity contribution in [2.45, 2.75) is 46.1 Å². The van der Waals surface area contributed by atoms with Gasteiger partial charge in [-0.25, -0.2) is 4.79 Å². The molecular formula is C19H24O2. The maximum atomic E-state index is 12.1. The van der Waals surface area contributed by atoms with Crippen molar-refractivity contribution in [1.82, 2.24) is 0 Å². The van der Waals surface area contributed by atoms with Gasteiger partial charge in [-0.05, 0) is 42.2 Å². The minimum atomic E-state index is -0.214. The Bertz CT molecular complexity index is 558. The first-order chi connectivity index (χ1) is 9.93. The highest BCUT2D eigenvalue weighted by Crippen LogP contribution is 2.66. The number of fused-ring (bicyclic) bond motifs is 2. The first kappa shape index (κ1) is 14.4. The van der Waals surface area contributed by atoms with E-state index in [4.69, 9.17) is 4.74 Å². The Kier molecular flexibility index (Phi) is 3.43. The van der Waals surface area contributed by atoms with Crippen LogP contribution in [0.3, 0.4) is 0 Å². The molecule has 112 valence electrons. The zero-order valence-electron chi connectivity index (χ0n) is 13.1. The number of hydrogen-bond acceptors (Lipinski definition) is 2. The highest BCUT2D eigenvalue weighted by molar-refractivity contribution is 5.87. The smallest absolute Gasteiger partial charge is 0.331 e. The second kappa shape index (κ2) is 5.01. The van der Waals surface area contributed by atoms with Crippen molar-refractivity contribution < 1.29 is 9.53 Å². The molecular weight excluding hydrogens is 260 g/mol. The van der Waals surface area contributed by atoms with Gasteiger partial charge in [0, 0.05) is 11.5 Å². The summed E-state index contributed by atoms with van der Waals surface area (Å²) in [6.45, 7) is 6.95. The summed E-state index contributed by atoms with van der Waals surface area (Å²) >= 11 is 0. The monoisotopic (exact) mass is 284 g/mol. The zero-order valence-corrected chi connectivity index (χ0v) is 13.1. The average Bonchev–Trinajstić information content (AvgIpc) is 2.79. The summed E-state index contributed by atoms with van der Waals surface area (Å²) in [6, 6.07) is 9.85. The summed E-state index contributed by atoms with van der Waals surface area (Å²) < 4.78 is 5.78. The number of carbonyl (C=O) groups is 1. The number of carbonyl (C=O) groups excluding carboxylic acids is 1. The van der Waals surface area contributed by atoms with E-state index in [1.54, 1.807) is 6.08 Å². The van der Waals surface area contributed by atoms with Gasteiger partial charge in [0.1, 0.15) is 6.10 Å². The SMILES string of the molecule is CC1(C)[C@@H]2CC[C@@]1(C)[C@@H](OC(=O)C=Cc1ccccc1)C2. The van der Waals surface area contributed by atoms with Gasteiger partial charge >= 0.3 is 5.97 Å². The minimum absolute atomic E-state index is 0.0687. The fourth-order valence-electron chi connectivity index (χ4n) is 4.22. The van der Waals surface area contributed by atoms with Crippen LogP contribution in [0.2, 0.25) is 0 Å². The van der Waals surface area contributed by atoms with Crippen molar-refractivity contribution in [3.63, 3.8) is 0 Å². The lowest BCUT2D eigenvalue weighted by molar-refractivity contribution is -0.150. The van der Waals surface area contributed by atoms with Gasteiger partial charge in [0.05, 0.1) is 0 Å². The maximum Gasteiger partial charge on any atom is 0.331 e. The quantitative estimate of drug-likeness (QED) is 0.605. The minimum Gasteiger partial charge on any atom is -0.459 e. The predicted octanol–water partition coefficient (Wildman–Crippen LogP) is 4.46. The third kappa shape index (κ3) is 2.31. The van der Waals surface area contributed by atoms with Gasteiger partial charge in [0.15, 0.2) is 0 Å². The molecule has 0 aromatic heterocycles. The van der Waals surface area contributed by atoms with Crippen molar-refractivity contribution in [1.29, 1.82) is 0 Å². The Labute approximate surface area is 127 Å². The maximum absolute atomic E-state index is 12.1. The van der Waals surface area contributed by atoms with Gasteiger partial charge in [-0.2, -0.15) is 0 Å². The summed E-state index contributed by atoms with van der Waals surface area (Å²) in [5.74, 6) is 0.479. The molecule has 2 aliphatic rings. The molecule has 3 atom stereocenters. The molecule has 2 saturated carbocycles. The summed E-state index contributed by atoms with van der Waals surface area (Å²) in [6.07, 6.45) is 6.91. The summed E-state index contributed by atoms with van der Waals surface area (Å²) in [7, 11) is 0. The van der Waals surface area contributed by atoms with Crippen LogP contribution in [-0.2, 0) is 9.53 Å². The standard InChI is InChI=1S/C19H24O2/c1-18(2)15-11-12-19(18,3)16(13-15)21-17(20)10-9-14-7-5-4-6-8-14/h4-10,15-16H,11-13H2,1-3H3/t15-,16+,19+/m1/s1. The molecule has 0 spiro atoms. The lowest BCUT2D eigenvalue weighted by atomic mass is 9.70. The Balaban J connectivity index is 1.66. The highest BCUT2D eigenvalue weighted by Gasteiger charge is 2.62. The van der Waals surface area contributed by atoms with Crippen molar-refractivity contribution in [3.05, 3.63) is 42.0 Å². The predicted molar refractivity (Wildman–Crippen MR) is 84.6 cm³/mol. The molecule has 0 saturated heterocycles. The second-order valence-electron chi connectivity index (χ2n) is 7.28. The lowest BCUT2D eigenvalue weighted by Crippen LogP contribution is -2.38. The second-order valence-corrected chi connectivity index (χ2v) is 7.28. The van der Waals surface area contributed by atoms with Gasteiger partial charge in [-0.3, -0.25) is 0 Å². The van der Waals surface area contributed by atoms with Crippen LogP contribution in [-0.4, -0.2) is 12.1 Å². The Hall–Kier alpha value is -1.57. The first-order valence-electron chi connectivity index (χ1n) is 7.87. The van der Waals surface area contributed by atoms with Crippen LogP contribution in [0, 0.1) is 16.7 Å². The van der Waals surface area contributed by atoms with Crippen molar-refractivity contribution in [2.75, 3.05) is 0 Å². The van der Waals surface area contributed by atoms with Crippen LogP contribution in [0.4, 0.5) is 0 Å². The van der Waals surface area contributed by atoms with Crippen LogP contribution in [0.25, 0.3) is 6.08 Å². The summed E-state index contributed by atoms with van der Waals surface area (Å²) in [5, 5.41) is 0. The molecule has 2 bridgehead atoms. The molecule has 0 N–H and O–H groups in total. The van der Waals surface area contributed by atoms with Gasteiger partial charge in [0.25, 0.3) is 0 Å². The van der Waals surface area contributed by atoms with E-state index in [1.165, 1.54) is 12.8 Å².